The number of amides is 2. The average Bonchev–Trinajstić information content (AvgIpc) is 3.25. The summed E-state index contributed by atoms with van der Waals surface area (Å²) in [6, 6.07) is 7.97. The highest BCUT2D eigenvalue weighted by atomic mass is 16.6. The minimum atomic E-state index is -0.117. The van der Waals surface area contributed by atoms with Crippen LogP contribution in [0.2, 0.25) is 0 Å². The van der Waals surface area contributed by atoms with Gasteiger partial charge in [0.15, 0.2) is 0 Å². The van der Waals surface area contributed by atoms with Crippen molar-refractivity contribution in [2.45, 2.75) is 95.7 Å². The lowest BCUT2D eigenvalue weighted by Gasteiger charge is -2.47. The maximum absolute atomic E-state index is 12.4. The molecule has 6 nitrogen and oxygen atoms in total. The van der Waals surface area contributed by atoms with Crippen LogP contribution >= 0.6 is 0 Å². The fraction of sp³-hybridized carbons (Fsp3) is 0.704. The smallest absolute Gasteiger partial charge is 0.410 e. The third kappa shape index (κ3) is 3.84. The molecular weight excluding hydrogens is 414 g/mol. The summed E-state index contributed by atoms with van der Waals surface area (Å²) in [4.78, 5) is 31.6. The van der Waals surface area contributed by atoms with Gasteiger partial charge in [-0.2, -0.15) is 0 Å². The molecule has 1 aromatic rings. The van der Waals surface area contributed by atoms with Crippen LogP contribution in [0.5, 0.6) is 0 Å². The molecule has 4 aliphatic rings. The molecule has 5 rings (SSSR count). The first kappa shape index (κ1) is 22.7. The van der Waals surface area contributed by atoms with Gasteiger partial charge in [0.25, 0.3) is 0 Å². The van der Waals surface area contributed by atoms with Crippen LogP contribution in [0.1, 0.15) is 83.3 Å². The van der Waals surface area contributed by atoms with Gasteiger partial charge in [0.2, 0.25) is 5.91 Å². The summed E-state index contributed by atoms with van der Waals surface area (Å²) in [6.07, 6.45) is 6.42. The summed E-state index contributed by atoms with van der Waals surface area (Å²) in [5.41, 5.74) is 3.96. The van der Waals surface area contributed by atoms with Crippen molar-refractivity contribution in [2.75, 3.05) is 31.1 Å². The monoisotopic (exact) mass is 453 g/mol. The zero-order chi connectivity index (χ0) is 23.3. The van der Waals surface area contributed by atoms with E-state index in [4.69, 9.17) is 4.74 Å². The van der Waals surface area contributed by atoms with E-state index in [1.165, 1.54) is 11.1 Å². The third-order valence-electron chi connectivity index (χ3n) is 8.85. The Balaban J connectivity index is 1.30. The van der Waals surface area contributed by atoms with Crippen LogP contribution in [0.25, 0.3) is 0 Å². The van der Waals surface area contributed by atoms with E-state index in [1.54, 1.807) is 6.92 Å². The molecule has 0 aliphatic carbocycles. The molecule has 0 saturated carbocycles. The van der Waals surface area contributed by atoms with Crippen molar-refractivity contribution in [2.24, 2.45) is 0 Å². The number of nitrogens with zero attached hydrogens (tertiary/aromatic N) is 3. The molecule has 2 bridgehead atoms. The zero-order valence-electron chi connectivity index (χ0n) is 20.7. The molecule has 6 heteroatoms. The molecule has 2 atom stereocenters. The first-order chi connectivity index (χ1) is 15.8. The van der Waals surface area contributed by atoms with E-state index in [0.29, 0.717) is 30.7 Å². The number of carbonyl (C=O) groups is 2. The number of piperidine rings is 2. The summed E-state index contributed by atoms with van der Waals surface area (Å²) in [6.45, 7) is 11.5. The minimum Gasteiger partial charge on any atom is -0.450 e. The van der Waals surface area contributed by atoms with Crippen LogP contribution in [0.4, 0.5) is 10.5 Å². The van der Waals surface area contributed by atoms with E-state index in [9.17, 15) is 9.59 Å². The van der Waals surface area contributed by atoms with Gasteiger partial charge in [-0.05, 0) is 81.6 Å². The number of ether oxygens (including phenoxy) is 1. The van der Waals surface area contributed by atoms with Crippen LogP contribution in [-0.4, -0.2) is 66.2 Å². The second kappa shape index (κ2) is 8.61. The Morgan fingerprint density at radius 3 is 2.33 bits per heavy atom. The summed E-state index contributed by atoms with van der Waals surface area (Å²) in [5, 5.41) is 0. The van der Waals surface area contributed by atoms with Gasteiger partial charge in [0, 0.05) is 42.7 Å². The van der Waals surface area contributed by atoms with Gasteiger partial charge in [-0.3, -0.25) is 4.79 Å². The summed E-state index contributed by atoms with van der Waals surface area (Å²) in [5.74, 6) is 0.634. The van der Waals surface area contributed by atoms with Crippen molar-refractivity contribution in [1.82, 2.24) is 9.80 Å². The highest BCUT2D eigenvalue weighted by Crippen LogP contribution is 2.49. The molecule has 180 valence electrons. The van der Waals surface area contributed by atoms with Gasteiger partial charge in [0.1, 0.15) is 0 Å². The molecule has 0 aromatic heterocycles. The van der Waals surface area contributed by atoms with E-state index in [-0.39, 0.29) is 17.4 Å². The van der Waals surface area contributed by atoms with Crippen LogP contribution in [0.15, 0.2) is 18.2 Å². The van der Waals surface area contributed by atoms with Crippen molar-refractivity contribution in [3.8, 4) is 0 Å². The Bertz CT molecular complexity index is 907. The molecule has 2 unspecified atom stereocenters. The summed E-state index contributed by atoms with van der Waals surface area (Å²) in [7, 11) is 0. The Hall–Kier alpha value is -2.08. The predicted molar refractivity (Wildman–Crippen MR) is 130 cm³/mol. The molecule has 3 saturated heterocycles. The van der Waals surface area contributed by atoms with Gasteiger partial charge in [-0.15, -0.1) is 0 Å². The van der Waals surface area contributed by atoms with E-state index in [0.717, 1.165) is 63.8 Å². The average molecular weight is 454 g/mol. The normalized spacial score (nSPS) is 28.5. The second-order valence-corrected chi connectivity index (χ2v) is 11.0. The second-order valence-electron chi connectivity index (χ2n) is 11.0. The zero-order valence-corrected chi connectivity index (χ0v) is 20.7. The van der Waals surface area contributed by atoms with Gasteiger partial charge in [0.05, 0.1) is 6.61 Å². The number of hydrogen-bond acceptors (Lipinski definition) is 4. The first-order valence-corrected chi connectivity index (χ1v) is 12.9. The molecule has 4 heterocycles. The number of likely N-dealkylation sites (tertiary alicyclic amines) is 1. The lowest BCUT2D eigenvalue weighted by atomic mass is 9.73. The van der Waals surface area contributed by atoms with Crippen LogP contribution in [0.3, 0.4) is 0 Å². The molecule has 3 fully saturated rings. The molecular formula is C27H39N3O3. The van der Waals surface area contributed by atoms with Crippen LogP contribution < -0.4 is 4.90 Å². The Kier molecular flexibility index (Phi) is 5.92. The fourth-order valence-corrected chi connectivity index (χ4v) is 7.01. The number of hydrogen-bond donors (Lipinski definition) is 0. The fourth-order valence-electron chi connectivity index (χ4n) is 7.01. The van der Waals surface area contributed by atoms with E-state index in [2.05, 4.69) is 36.9 Å². The molecule has 33 heavy (non-hydrogen) atoms. The van der Waals surface area contributed by atoms with E-state index in [1.807, 2.05) is 16.7 Å². The topological polar surface area (TPSA) is 53.1 Å². The lowest BCUT2D eigenvalue weighted by Crippen LogP contribution is -2.55. The maximum atomic E-state index is 12.4. The highest BCUT2D eigenvalue weighted by Gasteiger charge is 2.49. The van der Waals surface area contributed by atoms with Gasteiger partial charge in [-0.1, -0.05) is 26.0 Å². The Morgan fingerprint density at radius 1 is 1.09 bits per heavy atom. The quantitative estimate of drug-likeness (QED) is 0.668. The Labute approximate surface area is 198 Å². The van der Waals surface area contributed by atoms with Gasteiger partial charge in [-0.25, -0.2) is 4.79 Å². The van der Waals surface area contributed by atoms with E-state index >= 15 is 0 Å². The molecule has 0 radical (unpaired) electrons. The number of benzene rings is 1. The van der Waals surface area contributed by atoms with Gasteiger partial charge >= 0.3 is 6.09 Å². The van der Waals surface area contributed by atoms with Crippen molar-refractivity contribution in [3.63, 3.8) is 0 Å². The highest BCUT2D eigenvalue weighted by molar-refractivity contribution is 5.94. The minimum absolute atomic E-state index is 0.0764. The molecule has 0 N–H and O–H groups in total. The number of carbonyl (C=O) groups excluding carboxylic acids is 2. The van der Waals surface area contributed by atoms with Gasteiger partial charge < -0.3 is 19.4 Å². The summed E-state index contributed by atoms with van der Waals surface area (Å²) >= 11 is 0. The standard InChI is InChI=1S/C27H39N3O3/c1-5-33-26(32)30-21-7-8-22(30)16-23(15-21)28-12-10-27(11-13-28)17-29(19(4)31)25-9-6-20(18(2)3)14-24(25)27/h6,9,14,18,21-23H,5,7-8,10-13,15-17H2,1-4H3. The molecule has 1 spiro atoms. The van der Waals surface area contributed by atoms with Crippen molar-refractivity contribution in [1.29, 1.82) is 0 Å². The molecule has 2 amide bonds. The van der Waals surface area contributed by atoms with Crippen molar-refractivity contribution >= 4 is 17.7 Å². The molecule has 1 aromatic carbocycles. The van der Waals surface area contributed by atoms with Crippen LogP contribution in [-0.2, 0) is 14.9 Å². The lowest BCUT2D eigenvalue weighted by molar-refractivity contribution is -0.116. The third-order valence-corrected chi connectivity index (χ3v) is 8.85. The Morgan fingerprint density at radius 2 is 1.76 bits per heavy atom. The van der Waals surface area contributed by atoms with Crippen molar-refractivity contribution in [3.05, 3.63) is 29.3 Å². The number of anilines is 1. The van der Waals surface area contributed by atoms with E-state index < -0.39 is 0 Å². The number of rotatable bonds is 3. The van der Waals surface area contributed by atoms with Crippen molar-refractivity contribution < 1.29 is 14.3 Å². The first-order valence-electron chi connectivity index (χ1n) is 12.9. The largest absolute Gasteiger partial charge is 0.450 e. The number of fused-ring (bicyclic) bond motifs is 4. The maximum Gasteiger partial charge on any atom is 0.410 e. The summed E-state index contributed by atoms with van der Waals surface area (Å²) < 4.78 is 5.34. The SMILES string of the molecule is CCOC(=O)N1C2CCC1CC(N1CCC3(CC1)CN(C(C)=O)c1ccc(C(C)C)cc13)C2. The van der Waals surface area contributed by atoms with Crippen LogP contribution in [0, 0.1) is 0 Å². The predicted octanol–water partition coefficient (Wildman–Crippen LogP) is 4.66. The molecule has 4 aliphatic heterocycles.